The van der Waals surface area contributed by atoms with Gasteiger partial charge < -0.3 is 0 Å². The van der Waals surface area contributed by atoms with E-state index >= 15 is 0 Å². The van der Waals surface area contributed by atoms with E-state index in [9.17, 15) is 4.39 Å². The van der Waals surface area contributed by atoms with Crippen molar-refractivity contribution in [3.63, 3.8) is 0 Å². The van der Waals surface area contributed by atoms with Crippen LogP contribution in [-0.4, -0.2) is 9.78 Å². The first-order chi connectivity index (χ1) is 7.58. The van der Waals surface area contributed by atoms with Crippen LogP contribution in [0.1, 0.15) is 25.3 Å². The van der Waals surface area contributed by atoms with Crippen LogP contribution in [0, 0.1) is 5.82 Å². The molecule has 3 heteroatoms. The van der Waals surface area contributed by atoms with E-state index in [1.165, 1.54) is 0 Å². The summed E-state index contributed by atoms with van der Waals surface area (Å²) in [5, 5.41) is 4.25. The van der Waals surface area contributed by atoms with Crippen LogP contribution in [0.5, 0.6) is 0 Å². The van der Waals surface area contributed by atoms with Crippen molar-refractivity contribution in [3.05, 3.63) is 41.8 Å². The van der Waals surface area contributed by atoms with Gasteiger partial charge in [0.05, 0.1) is 5.69 Å². The Morgan fingerprint density at radius 2 is 2.00 bits per heavy atom. The lowest BCUT2D eigenvalue weighted by Crippen LogP contribution is -1.94. The lowest BCUT2D eigenvalue weighted by Gasteiger charge is -2.07. The second kappa shape index (κ2) is 4.08. The van der Waals surface area contributed by atoms with Gasteiger partial charge in [-0.05, 0) is 23.6 Å². The molecule has 0 saturated carbocycles. The first-order valence-corrected chi connectivity index (χ1v) is 5.37. The number of nitrogens with zero attached hydrogens (tertiary/aromatic N) is 2. The molecule has 0 N–H and O–H groups in total. The minimum atomic E-state index is -0.154. The SMILES string of the molecule is CC(C)c1ccc(-c2ccn(C)n2)cc1F. The number of halogens is 1. The van der Waals surface area contributed by atoms with Crippen molar-refractivity contribution in [1.29, 1.82) is 0 Å². The van der Waals surface area contributed by atoms with Gasteiger partial charge in [0, 0.05) is 18.8 Å². The Morgan fingerprint density at radius 1 is 1.25 bits per heavy atom. The topological polar surface area (TPSA) is 17.8 Å². The molecule has 0 saturated heterocycles. The van der Waals surface area contributed by atoms with Gasteiger partial charge in [0.2, 0.25) is 0 Å². The molecule has 1 heterocycles. The predicted octanol–water partition coefficient (Wildman–Crippen LogP) is 3.35. The van der Waals surface area contributed by atoms with Crippen molar-refractivity contribution in [3.8, 4) is 11.3 Å². The Hall–Kier alpha value is -1.64. The Morgan fingerprint density at radius 3 is 2.50 bits per heavy atom. The molecule has 1 aromatic heterocycles. The molecule has 0 amide bonds. The molecule has 0 radical (unpaired) electrons. The van der Waals surface area contributed by atoms with Crippen LogP contribution < -0.4 is 0 Å². The number of aromatic nitrogens is 2. The summed E-state index contributed by atoms with van der Waals surface area (Å²) >= 11 is 0. The second-order valence-electron chi connectivity index (χ2n) is 4.27. The fourth-order valence-electron chi connectivity index (χ4n) is 1.72. The minimum absolute atomic E-state index is 0.154. The standard InChI is InChI=1S/C13H15FN2/c1-9(2)11-5-4-10(8-12(11)14)13-6-7-16(3)15-13/h4-9H,1-3H3. The van der Waals surface area contributed by atoms with Crippen molar-refractivity contribution < 1.29 is 4.39 Å². The summed E-state index contributed by atoms with van der Waals surface area (Å²) in [6, 6.07) is 7.19. The highest BCUT2D eigenvalue weighted by Crippen LogP contribution is 2.24. The van der Waals surface area contributed by atoms with Crippen molar-refractivity contribution in [1.82, 2.24) is 9.78 Å². The fourth-order valence-corrected chi connectivity index (χ4v) is 1.72. The summed E-state index contributed by atoms with van der Waals surface area (Å²) in [4.78, 5) is 0. The van der Waals surface area contributed by atoms with E-state index in [1.807, 2.05) is 45.3 Å². The first-order valence-electron chi connectivity index (χ1n) is 5.37. The summed E-state index contributed by atoms with van der Waals surface area (Å²) in [6.07, 6.45) is 1.85. The van der Waals surface area contributed by atoms with E-state index < -0.39 is 0 Å². The third kappa shape index (κ3) is 1.98. The van der Waals surface area contributed by atoms with Crippen LogP contribution in [0.15, 0.2) is 30.5 Å². The van der Waals surface area contributed by atoms with E-state index in [4.69, 9.17) is 0 Å². The minimum Gasteiger partial charge on any atom is -0.275 e. The lowest BCUT2D eigenvalue weighted by molar-refractivity contribution is 0.598. The van der Waals surface area contributed by atoms with Crippen LogP contribution in [0.3, 0.4) is 0 Å². The quantitative estimate of drug-likeness (QED) is 0.755. The van der Waals surface area contributed by atoms with E-state index in [0.29, 0.717) is 0 Å². The smallest absolute Gasteiger partial charge is 0.127 e. The van der Waals surface area contributed by atoms with E-state index in [0.717, 1.165) is 16.8 Å². The van der Waals surface area contributed by atoms with Gasteiger partial charge >= 0.3 is 0 Å². The van der Waals surface area contributed by atoms with Gasteiger partial charge in [-0.25, -0.2) is 4.39 Å². The highest BCUT2D eigenvalue weighted by molar-refractivity contribution is 5.59. The van der Waals surface area contributed by atoms with Gasteiger partial charge in [-0.1, -0.05) is 26.0 Å². The Balaban J connectivity index is 2.42. The zero-order valence-electron chi connectivity index (χ0n) is 9.74. The molecule has 0 aliphatic heterocycles. The molecule has 84 valence electrons. The van der Waals surface area contributed by atoms with E-state index in [2.05, 4.69) is 5.10 Å². The number of hydrogen-bond acceptors (Lipinski definition) is 1. The monoisotopic (exact) mass is 218 g/mol. The Bertz CT molecular complexity index is 500. The molecule has 0 bridgehead atoms. The maximum atomic E-state index is 13.8. The first kappa shape index (κ1) is 10.9. The fraction of sp³-hybridized carbons (Fsp3) is 0.308. The molecule has 2 nitrogen and oxygen atoms in total. The highest BCUT2D eigenvalue weighted by Gasteiger charge is 2.09. The average Bonchev–Trinajstić information content (AvgIpc) is 2.64. The molecule has 1 aromatic carbocycles. The maximum absolute atomic E-state index is 13.8. The molecule has 0 unspecified atom stereocenters. The van der Waals surface area contributed by atoms with Gasteiger partial charge in [-0.15, -0.1) is 0 Å². The van der Waals surface area contributed by atoms with Gasteiger partial charge in [0.25, 0.3) is 0 Å². The zero-order valence-corrected chi connectivity index (χ0v) is 9.74. The van der Waals surface area contributed by atoms with E-state index in [1.54, 1.807) is 10.7 Å². The van der Waals surface area contributed by atoms with Crippen LogP contribution in [0.4, 0.5) is 4.39 Å². The maximum Gasteiger partial charge on any atom is 0.127 e. The largest absolute Gasteiger partial charge is 0.275 e. The summed E-state index contributed by atoms with van der Waals surface area (Å²) in [5.41, 5.74) is 2.37. The molecule has 2 aromatic rings. The normalized spacial score (nSPS) is 11.1. The highest BCUT2D eigenvalue weighted by atomic mass is 19.1. The third-order valence-corrected chi connectivity index (χ3v) is 2.63. The van der Waals surface area contributed by atoms with Gasteiger partial charge in [-0.2, -0.15) is 5.10 Å². The summed E-state index contributed by atoms with van der Waals surface area (Å²) < 4.78 is 15.5. The second-order valence-corrected chi connectivity index (χ2v) is 4.27. The molecule has 0 atom stereocenters. The predicted molar refractivity (Wildman–Crippen MR) is 62.7 cm³/mol. The molecule has 2 rings (SSSR count). The number of benzene rings is 1. The van der Waals surface area contributed by atoms with Crippen LogP contribution in [0.2, 0.25) is 0 Å². The van der Waals surface area contributed by atoms with Crippen LogP contribution in [-0.2, 0) is 7.05 Å². The Labute approximate surface area is 94.7 Å². The number of rotatable bonds is 2. The van der Waals surface area contributed by atoms with Crippen LogP contribution in [0.25, 0.3) is 11.3 Å². The summed E-state index contributed by atoms with van der Waals surface area (Å²) in [5.74, 6) is 0.0518. The van der Waals surface area contributed by atoms with E-state index in [-0.39, 0.29) is 11.7 Å². The average molecular weight is 218 g/mol. The molecule has 0 spiro atoms. The van der Waals surface area contributed by atoms with Crippen molar-refractivity contribution in [2.75, 3.05) is 0 Å². The summed E-state index contributed by atoms with van der Waals surface area (Å²) in [7, 11) is 1.85. The molecule has 0 fully saturated rings. The molecule has 0 aliphatic rings. The van der Waals surface area contributed by atoms with Gasteiger partial charge in [-0.3, -0.25) is 4.68 Å². The van der Waals surface area contributed by atoms with Gasteiger partial charge in [0.1, 0.15) is 5.82 Å². The van der Waals surface area contributed by atoms with Crippen LogP contribution >= 0.6 is 0 Å². The Kier molecular flexibility index (Phi) is 2.77. The summed E-state index contributed by atoms with van der Waals surface area (Å²) in [6.45, 7) is 3.97. The van der Waals surface area contributed by atoms with Crippen molar-refractivity contribution in [2.24, 2.45) is 7.05 Å². The lowest BCUT2D eigenvalue weighted by atomic mass is 10.00. The third-order valence-electron chi connectivity index (χ3n) is 2.63. The molecule has 0 aliphatic carbocycles. The number of hydrogen-bond donors (Lipinski definition) is 0. The van der Waals surface area contributed by atoms with Crippen molar-refractivity contribution >= 4 is 0 Å². The molecule has 16 heavy (non-hydrogen) atoms. The molecular weight excluding hydrogens is 203 g/mol. The van der Waals surface area contributed by atoms with Gasteiger partial charge in [0.15, 0.2) is 0 Å². The zero-order chi connectivity index (χ0) is 11.7. The van der Waals surface area contributed by atoms with Crippen molar-refractivity contribution in [2.45, 2.75) is 19.8 Å². The molecular formula is C13H15FN2. The number of aryl methyl sites for hydroxylation is 1.